The number of alkyl halides is 2. The van der Waals surface area contributed by atoms with E-state index in [1.54, 1.807) is 12.1 Å². The molecule has 0 radical (unpaired) electrons. The molecule has 5 heteroatoms. The van der Waals surface area contributed by atoms with Crippen LogP contribution >= 0.6 is 0 Å². The Balaban J connectivity index is 2.00. The van der Waals surface area contributed by atoms with E-state index in [1.165, 1.54) is 0 Å². The summed E-state index contributed by atoms with van der Waals surface area (Å²) in [7, 11) is 0. The van der Waals surface area contributed by atoms with Gasteiger partial charge in [-0.2, -0.15) is 8.78 Å². The molecule has 0 saturated carbocycles. The van der Waals surface area contributed by atoms with E-state index in [0.717, 1.165) is 25.2 Å². The van der Waals surface area contributed by atoms with Crippen LogP contribution in [0.2, 0.25) is 0 Å². The van der Waals surface area contributed by atoms with E-state index in [-0.39, 0.29) is 11.8 Å². The fourth-order valence-corrected chi connectivity index (χ4v) is 2.45. The highest BCUT2D eigenvalue weighted by Gasteiger charge is 2.21. The lowest BCUT2D eigenvalue weighted by atomic mass is 10.0. The normalized spacial score (nSPS) is 22.5. The van der Waals surface area contributed by atoms with Gasteiger partial charge in [0.25, 0.3) is 0 Å². The van der Waals surface area contributed by atoms with Crippen molar-refractivity contribution in [1.29, 1.82) is 0 Å². The highest BCUT2D eigenvalue weighted by atomic mass is 19.3. The number of hydrogen-bond donors (Lipinski definition) is 1. The van der Waals surface area contributed by atoms with Crippen LogP contribution in [0.3, 0.4) is 0 Å². The summed E-state index contributed by atoms with van der Waals surface area (Å²) in [6.45, 7) is 4.52. The van der Waals surface area contributed by atoms with Crippen LogP contribution in [0, 0.1) is 0 Å². The van der Waals surface area contributed by atoms with Crippen LogP contribution in [0.1, 0.15) is 25.5 Å². The highest BCUT2D eigenvalue weighted by Crippen LogP contribution is 2.24. The second kappa shape index (κ2) is 6.30. The first kappa shape index (κ1) is 14.2. The quantitative estimate of drug-likeness (QED) is 0.910. The summed E-state index contributed by atoms with van der Waals surface area (Å²) in [4.78, 5) is 2.39. The Morgan fingerprint density at radius 3 is 2.58 bits per heavy atom. The van der Waals surface area contributed by atoms with Gasteiger partial charge in [0.05, 0.1) is 0 Å². The molecule has 1 fully saturated rings. The van der Waals surface area contributed by atoms with Gasteiger partial charge in [-0.25, -0.2) is 0 Å². The summed E-state index contributed by atoms with van der Waals surface area (Å²) in [6, 6.07) is 7.68. The summed E-state index contributed by atoms with van der Waals surface area (Å²) in [5.74, 6) is 0.208. The molecule has 106 valence electrons. The Morgan fingerprint density at radius 2 is 2.00 bits per heavy atom. The molecule has 2 rings (SSSR count). The van der Waals surface area contributed by atoms with E-state index >= 15 is 0 Å². The molecule has 1 heterocycles. The van der Waals surface area contributed by atoms with Crippen molar-refractivity contribution in [1.82, 2.24) is 10.2 Å². The fourth-order valence-electron chi connectivity index (χ4n) is 2.45. The molecule has 1 aromatic carbocycles. The third-order valence-corrected chi connectivity index (χ3v) is 3.54. The Morgan fingerprint density at radius 1 is 1.32 bits per heavy atom. The van der Waals surface area contributed by atoms with Gasteiger partial charge in [0.15, 0.2) is 0 Å². The summed E-state index contributed by atoms with van der Waals surface area (Å²) < 4.78 is 28.5. The first-order valence-electron chi connectivity index (χ1n) is 6.58. The van der Waals surface area contributed by atoms with E-state index in [0.29, 0.717) is 6.04 Å². The lowest BCUT2D eigenvalue weighted by Crippen LogP contribution is -2.49. The van der Waals surface area contributed by atoms with E-state index in [2.05, 4.69) is 28.8 Å². The Kier molecular flexibility index (Phi) is 4.71. The van der Waals surface area contributed by atoms with Crippen LogP contribution in [0.15, 0.2) is 24.3 Å². The molecule has 3 nitrogen and oxygen atoms in total. The molecule has 1 aliphatic rings. The molecular formula is C14H20F2N2O. The molecule has 0 bridgehead atoms. The second-order valence-corrected chi connectivity index (χ2v) is 4.97. The number of nitrogens with one attached hydrogen (secondary N) is 1. The minimum absolute atomic E-state index is 0.208. The number of ether oxygens (including phenoxy) is 1. The van der Waals surface area contributed by atoms with Crippen molar-refractivity contribution in [2.45, 2.75) is 32.5 Å². The van der Waals surface area contributed by atoms with Gasteiger partial charge in [-0.05, 0) is 31.5 Å². The summed E-state index contributed by atoms with van der Waals surface area (Å²) in [6.07, 6.45) is 0. The van der Waals surface area contributed by atoms with Gasteiger partial charge in [-0.3, -0.25) is 4.90 Å². The lowest BCUT2D eigenvalue weighted by molar-refractivity contribution is -0.0498. The number of halogens is 2. The summed E-state index contributed by atoms with van der Waals surface area (Å²) in [5, 5.41) is 3.40. The third kappa shape index (κ3) is 3.88. The van der Waals surface area contributed by atoms with Crippen molar-refractivity contribution in [3.63, 3.8) is 0 Å². The van der Waals surface area contributed by atoms with Crippen LogP contribution in [-0.2, 0) is 0 Å². The number of nitrogens with zero attached hydrogens (tertiary/aromatic N) is 1. The first-order valence-corrected chi connectivity index (χ1v) is 6.58. The highest BCUT2D eigenvalue weighted by molar-refractivity contribution is 5.29. The van der Waals surface area contributed by atoms with E-state index in [4.69, 9.17) is 0 Å². The smallest absolute Gasteiger partial charge is 0.387 e. The van der Waals surface area contributed by atoms with E-state index < -0.39 is 6.61 Å². The van der Waals surface area contributed by atoms with Crippen LogP contribution < -0.4 is 10.1 Å². The van der Waals surface area contributed by atoms with Crippen LogP contribution in [0.25, 0.3) is 0 Å². The number of hydrogen-bond acceptors (Lipinski definition) is 3. The summed E-state index contributed by atoms with van der Waals surface area (Å²) in [5.41, 5.74) is 1.12. The predicted octanol–water partition coefficient (Wildman–Crippen LogP) is 2.64. The third-order valence-electron chi connectivity index (χ3n) is 3.54. The van der Waals surface area contributed by atoms with Crippen molar-refractivity contribution in [3.05, 3.63) is 29.8 Å². The summed E-state index contributed by atoms with van der Waals surface area (Å²) >= 11 is 0. The van der Waals surface area contributed by atoms with Gasteiger partial charge in [0.2, 0.25) is 0 Å². The SMILES string of the molecule is CC1CN(C(C)c2ccc(OC(F)F)cc2)CCN1. The molecule has 2 atom stereocenters. The van der Waals surface area contributed by atoms with Crippen LogP contribution in [0.4, 0.5) is 8.78 Å². The Hall–Kier alpha value is -1.20. The zero-order valence-electron chi connectivity index (χ0n) is 11.3. The van der Waals surface area contributed by atoms with Gasteiger partial charge < -0.3 is 10.1 Å². The average molecular weight is 270 g/mol. The minimum atomic E-state index is -2.77. The standard InChI is InChI=1S/C14H20F2N2O/c1-10-9-18(8-7-17-10)11(2)12-3-5-13(6-4-12)19-14(15)16/h3-6,10-11,14,17H,7-9H2,1-2H3. The zero-order valence-corrected chi connectivity index (χ0v) is 11.3. The minimum Gasteiger partial charge on any atom is -0.435 e. The van der Waals surface area contributed by atoms with Crippen molar-refractivity contribution in [2.75, 3.05) is 19.6 Å². The molecule has 1 saturated heterocycles. The zero-order chi connectivity index (χ0) is 13.8. The van der Waals surface area contributed by atoms with Crippen molar-refractivity contribution < 1.29 is 13.5 Å². The molecule has 1 aromatic rings. The van der Waals surface area contributed by atoms with Crippen LogP contribution in [0.5, 0.6) is 5.75 Å². The fraction of sp³-hybridized carbons (Fsp3) is 0.571. The number of benzene rings is 1. The Labute approximate surface area is 112 Å². The maximum absolute atomic E-state index is 12.1. The molecule has 0 aromatic heterocycles. The van der Waals surface area contributed by atoms with Gasteiger partial charge in [0.1, 0.15) is 5.75 Å². The predicted molar refractivity (Wildman–Crippen MR) is 70.5 cm³/mol. The largest absolute Gasteiger partial charge is 0.435 e. The maximum Gasteiger partial charge on any atom is 0.387 e. The molecular weight excluding hydrogens is 250 g/mol. The second-order valence-electron chi connectivity index (χ2n) is 4.97. The molecule has 1 N–H and O–H groups in total. The first-order chi connectivity index (χ1) is 9.06. The van der Waals surface area contributed by atoms with E-state index in [9.17, 15) is 8.78 Å². The molecule has 1 aliphatic heterocycles. The van der Waals surface area contributed by atoms with Gasteiger partial charge in [0, 0.05) is 31.7 Å². The topological polar surface area (TPSA) is 24.5 Å². The van der Waals surface area contributed by atoms with Crippen molar-refractivity contribution in [3.8, 4) is 5.75 Å². The molecule has 19 heavy (non-hydrogen) atoms. The molecule has 2 unspecified atom stereocenters. The van der Waals surface area contributed by atoms with Crippen LogP contribution in [-0.4, -0.2) is 37.2 Å². The van der Waals surface area contributed by atoms with Crippen molar-refractivity contribution in [2.24, 2.45) is 0 Å². The van der Waals surface area contributed by atoms with Crippen molar-refractivity contribution >= 4 is 0 Å². The van der Waals surface area contributed by atoms with Gasteiger partial charge >= 0.3 is 6.61 Å². The Bertz CT molecular complexity index is 397. The number of rotatable bonds is 4. The van der Waals surface area contributed by atoms with Gasteiger partial charge in [-0.15, -0.1) is 0 Å². The lowest BCUT2D eigenvalue weighted by Gasteiger charge is -2.36. The molecule has 0 aliphatic carbocycles. The van der Waals surface area contributed by atoms with E-state index in [1.807, 2.05) is 12.1 Å². The average Bonchev–Trinajstić information content (AvgIpc) is 2.38. The monoisotopic (exact) mass is 270 g/mol. The molecule has 0 amide bonds. The number of piperazine rings is 1. The van der Waals surface area contributed by atoms with Gasteiger partial charge in [-0.1, -0.05) is 12.1 Å². The maximum atomic E-state index is 12.1. The molecule has 0 spiro atoms.